The lowest BCUT2D eigenvalue weighted by Crippen LogP contribution is -1.96. The molecule has 0 amide bonds. The Balaban J connectivity index is 2.49. The van der Waals surface area contributed by atoms with Gasteiger partial charge in [-0.15, -0.1) is 0 Å². The smallest absolute Gasteiger partial charge is 0.133 e. The van der Waals surface area contributed by atoms with E-state index in [9.17, 15) is 0 Å². The summed E-state index contributed by atoms with van der Waals surface area (Å²) in [5.74, 6) is 0.805. The molecule has 0 aliphatic heterocycles. The zero-order valence-corrected chi connectivity index (χ0v) is 11.4. The van der Waals surface area contributed by atoms with Gasteiger partial charge in [0.25, 0.3) is 0 Å². The number of hydrogen-bond acceptors (Lipinski definition) is 3. The molecule has 0 aliphatic carbocycles. The van der Waals surface area contributed by atoms with Crippen LogP contribution in [-0.2, 0) is 13.6 Å². The Hall–Kier alpha value is -1.33. The van der Waals surface area contributed by atoms with Crippen molar-refractivity contribution in [2.45, 2.75) is 6.54 Å². The minimum absolute atomic E-state index is 0.479. The number of aryl methyl sites for hydroxylation is 1. The van der Waals surface area contributed by atoms with Gasteiger partial charge in [-0.1, -0.05) is 0 Å². The van der Waals surface area contributed by atoms with Gasteiger partial charge < -0.3 is 10.5 Å². The first kappa shape index (κ1) is 12.1. The van der Waals surface area contributed by atoms with Crippen LogP contribution in [0.4, 0.5) is 0 Å². The summed E-state index contributed by atoms with van der Waals surface area (Å²) in [6, 6.07) is 5.87. The molecule has 0 saturated heterocycles. The van der Waals surface area contributed by atoms with Crippen LogP contribution >= 0.6 is 15.9 Å². The standard InChI is InChI=1S/C12H14BrN3O/c1-16-7-9(6-14)12(15-16)8-3-4-11(17-2)10(13)5-8/h3-5,7H,6,14H2,1-2H3. The van der Waals surface area contributed by atoms with E-state index in [4.69, 9.17) is 10.5 Å². The average Bonchev–Trinajstić information content (AvgIpc) is 2.70. The number of benzene rings is 1. The van der Waals surface area contributed by atoms with Crippen molar-refractivity contribution in [3.63, 3.8) is 0 Å². The number of rotatable bonds is 3. The van der Waals surface area contributed by atoms with Gasteiger partial charge in [-0.05, 0) is 34.1 Å². The molecular formula is C12H14BrN3O. The first-order valence-electron chi connectivity index (χ1n) is 5.22. The van der Waals surface area contributed by atoms with Gasteiger partial charge in [-0.25, -0.2) is 0 Å². The van der Waals surface area contributed by atoms with Crippen LogP contribution in [0.2, 0.25) is 0 Å². The van der Waals surface area contributed by atoms with Gasteiger partial charge in [-0.3, -0.25) is 4.68 Å². The number of aromatic nitrogens is 2. The summed E-state index contributed by atoms with van der Waals surface area (Å²) in [5.41, 5.74) is 8.68. The van der Waals surface area contributed by atoms with Crippen LogP contribution in [0.5, 0.6) is 5.75 Å². The molecule has 0 radical (unpaired) electrons. The van der Waals surface area contributed by atoms with E-state index in [2.05, 4.69) is 21.0 Å². The first-order valence-corrected chi connectivity index (χ1v) is 6.01. The molecule has 5 heteroatoms. The average molecular weight is 296 g/mol. The van der Waals surface area contributed by atoms with E-state index in [0.717, 1.165) is 27.0 Å². The van der Waals surface area contributed by atoms with Gasteiger partial charge in [-0.2, -0.15) is 5.10 Å². The number of halogens is 1. The Labute approximate surface area is 109 Å². The Morgan fingerprint density at radius 1 is 1.47 bits per heavy atom. The highest BCUT2D eigenvalue weighted by molar-refractivity contribution is 9.10. The van der Waals surface area contributed by atoms with Crippen LogP contribution in [0.1, 0.15) is 5.56 Å². The van der Waals surface area contributed by atoms with Crippen molar-refractivity contribution in [2.75, 3.05) is 7.11 Å². The second-order valence-corrected chi connectivity index (χ2v) is 4.58. The van der Waals surface area contributed by atoms with Gasteiger partial charge in [0.05, 0.1) is 17.3 Å². The summed E-state index contributed by atoms with van der Waals surface area (Å²) in [5, 5.41) is 4.42. The van der Waals surface area contributed by atoms with Crippen LogP contribution < -0.4 is 10.5 Å². The molecule has 2 aromatic rings. The van der Waals surface area contributed by atoms with Crippen LogP contribution in [0.15, 0.2) is 28.9 Å². The predicted octanol–water partition coefficient (Wildman–Crippen LogP) is 2.32. The SMILES string of the molecule is COc1ccc(-c2nn(C)cc2CN)cc1Br. The Kier molecular flexibility index (Phi) is 3.49. The van der Waals surface area contributed by atoms with Crippen molar-refractivity contribution in [2.24, 2.45) is 12.8 Å². The van der Waals surface area contributed by atoms with E-state index in [1.54, 1.807) is 11.8 Å². The number of nitrogens with two attached hydrogens (primary N) is 1. The molecule has 0 fully saturated rings. The summed E-state index contributed by atoms with van der Waals surface area (Å²) in [6.45, 7) is 0.479. The third-order valence-corrected chi connectivity index (χ3v) is 3.17. The number of ether oxygens (including phenoxy) is 1. The number of nitrogens with zero attached hydrogens (tertiary/aromatic N) is 2. The molecule has 90 valence electrons. The van der Waals surface area contributed by atoms with Crippen LogP contribution in [-0.4, -0.2) is 16.9 Å². The maximum absolute atomic E-state index is 5.71. The van der Waals surface area contributed by atoms with Crippen molar-refractivity contribution < 1.29 is 4.74 Å². The monoisotopic (exact) mass is 295 g/mol. The minimum atomic E-state index is 0.479. The third-order valence-electron chi connectivity index (χ3n) is 2.55. The van der Waals surface area contributed by atoms with E-state index in [-0.39, 0.29) is 0 Å². The topological polar surface area (TPSA) is 53.1 Å². The maximum Gasteiger partial charge on any atom is 0.133 e. The molecular weight excluding hydrogens is 282 g/mol. The quantitative estimate of drug-likeness (QED) is 0.945. The van der Waals surface area contributed by atoms with E-state index in [0.29, 0.717) is 6.54 Å². The van der Waals surface area contributed by atoms with Crippen LogP contribution in [0.25, 0.3) is 11.3 Å². The fourth-order valence-corrected chi connectivity index (χ4v) is 2.28. The molecule has 0 saturated carbocycles. The van der Waals surface area contributed by atoms with E-state index < -0.39 is 0 Å². The number of methoxy groups -OCH3 is 1. The molecule has 0 unspecified atom stereocenters. The van der Waals surface area contributed by atoms with Crippen molar-refractivity contribution in [3.8, 4) is 17.0 Å². The summed E-state index contributed by atoms with van der Waals surface area (Å²) in [4.78, 5) is 0. The fourth-order valence-electron chi connectivity index (χ4n) is 1.74. The minimum Gasteiger partial charge on any atom is -0.496 e. The summed E-state index contributed by atoms with van der Waals surface area (Å²) in [7, 11) is 3.53. The Morgan fingerprint density at radius 2 is 2.24 bits per heavy atom. The van der Waals surface area contributed by atoms with Crippen molar-refractivity contribution in [1.29, 1.82) is 0 Å². The molecule has 0 spiro atoms. The molecule has 0 bridgehead atoms. The lowest BCUT2D eigenvalue weighted by molar-refractivity contribution is 0.412. The number of hydrogen-bond donors (Lipinski definition) is 1. The van der Waals surface area contributed by atoms with Crippen molar-refractivity contribution in [1.82, 2.24) is 9.78 Å². The molecule has 4 nitrogen and oxygen atoms in total. The van der Waals surface area contributed by atoms with Crippen molar-refractivity contribution >= 4 is 15.9 Å². The zero-order valence-electron chi connectivity index (χ0n) is 9.77. The molecule has 0 aliphatic rings. The third kappa shape index (κ3) is 2.35. The molecule has 1 aromatic heterocycles. The Morgan fingerprint density at radius 3 is 2.82 bits per heavy atom. The zero-order chi connectivity index (χ0) is 12.4. The van der Waals surface area contributed by atoms with Gasteiger partial charge in [0.1, 0.15) is 5.75 Å². The lowest BCUT2D eigenvalue weighted by atomic mass is 10.1. The van der Waals surface area contributed by atoms with Gasteiger partial charge in [0.15, 0.2) is 0 Å². The van der Waals surface area contributed by atoms with Crippen LogP contribution in [0.3, 0.4) is 0 Å². The summed E-state index contributed by atoms with van der Waals surface area (Å²) < 4.78 is 7.88. The highest BCUT2D eigenvalue weighted by Crippen LogP contribution is 2.31. The lowest BCUT2D eigenvalue weighted by Gasteiger charge is -2.05. The van der Waals surface area contributed by atoms with Crippen LogP contribution in [0, 0.1) is 0 Å². The Bertz CT molecular complexity index is 537. The predicted molar refractivity (Wildman–Crippen MR) is 70.8 cm³/mol. The second-order valence-electron chi connectivity index (χ2n) is 3.73. The fraction of sp³-hybridized carbons (Fsp3) is 0.250. The van der Waals surface area contributed by atoms with E-state index in [1.807, 2.05) is 31.4 Å². The van der Waals surface area contributed by atoms with Gasteiger partial charge >= 0.3 is 0 Å². The highest BCUT2D eigenvalue weighted by Gasteiger charge is 2.10. The molecule has 2 N–H and O–H groups in total. The van der Waals surface area contributed by atoms with Gasteiger partial charge in [0.2, 0.25) is 0 Å². The van der Waals surface area contributed by atoms with E-state index in [1.165, 1.54) is 0 Å². The summed E-state index contributed by atoms with van der Waals surface area (Å²) >= 11 is 3.47. The normalized spacial score (nSPS) is 10.6. The summed E-state index contributed by atoms with van der Waals surface area (Å²) in [6.07, 6.45) is 1.94. The molecule has 1 heterocycles. The first-order chi connectivity index (χ1) is 8.15. The second kappa shape index (κ2) is 4.89. The van der Waals surface area contributed by atoms with Crippen molar-refractivity contribution in [3.05, 3.63) is 34.4 Å². The molecule has 17 heavy (non-hydrogen) atoms. The largest absolute Gasteiger partial charge is 0.496 e. The molecule has 1 aromatic carbocycles. The molecule has 0 atom stereocenters. The highest BCUT2D eigenvalue weighted by atomic mass is 79.9. The van der Waals surface area contributed by atoms with Gasteiger partial charge in [0, 0.05) is 30.9 Å². The van der Waals surface area contributed by atoms with E-state index >= 15 is 0 Å². The molecule has 2 rings (SSSR count). The maximum atomic E-state index is 5.71.